The molecule has 0 aliphatic carbocycles. The van der Waals surface area contributed by atoms with Crippen LogP contribution < -0.4 is 10.1 Å². The van der Waals surface area contributed by atoms with E-state index in [1.54, 1.807) is 0 Å². The Morgan fingerprint density at radius 2 is 2.21 bits per heavy atom. The van der Waals surface area contributed by atoms with Crippen molar-refractivity contribution in [3.05, 3.63) is 29.8 Å². The Morgan fingerprint density at radius 1 is 1.37 bits per heavy atom. The normalized spacial score (nSPS) is 21.1. The van der Waals surface area contributed by atoms with Crippen molar-refractivity contribution in [1.29, 1.82) is 0 Å². The van der Waals surface area contributed by atoms with Crippen LogP contribution in [0.3, 0.4) is 0 Å². The number of para-hydroxylation sites is 1. The molecule has 0 saturated carbocycles. The molecule has 1 aromatic carbocycles. The molecule has 1 fully saturated rings. The third-order valence-electron chi connectivity index (χ3n) is 4.24. The molecule has 1 saturated heterocycles. The van der Waals surface area contributed by atoms with E-state index in [-0.39, 0.29) is 0 Å². The van der Waals surface area contributed by atoms with Crippen LogP contribution >= 0.6 is 0 Å². The highest BCUT2D eigenvalue weighted by molar-refractivity contribution is 5.35. The fourth-order valence-electron chi connectivity index (χ4n) is 2.74. The van der Waals surface area contributed by atoms with Crippen molar-refractivity contribution in [3.63, 3.8) is 0 Å². The second-order valence-corrected chi connectivity index (χ2v) is 5.70. The van der Waals surface area contributed by atoms with Crippen LogP contribution in [0.2, 0.25) is 0 Å². The predicted molar refractivity (Wildman–Crippen MR) is 80.9 cm³/mol. The lowest BCUT2D eigenvalue weighted by molar-refractivity contribution is 0.251. The van der Waals surface area contributed by atoms with Gasteiger partial charge in [-0.15, -0.1) is 0 Å². The number of ether oxygens (including phenoxy) is 1. The van der Waals surface area contributed by atoms with Gasteiger partial charge in [0.25, 0.3) is 0 Å². The van der Waals surface area contributed by atoms with Gasteiger partial charge in [0.05, 0.1) is 6.61 Å². The summed E-state index contributed by atoms with van der Waals surface area (Å²) in [5.41, 5.74) is 1.35. The van der Waals surface area contributed by atoms with Gasteiger partial charge in [0, 0.05) is 0 Å². The highest BCUT2D eigenvalue weighted by Crippen LogP contribution is 2.28. The van der Waals surface area contributed by atoms with E-state index in [1.807, 2.05) is 0 Å². The van der Waals surface area contributed by atoms with Crippen LogP contribution in [0.25, 0.3) is 0 Å². The molecule has 1 N–H and O–H groups in total. The molecule has 0 spiro atoms. The maximum Gasteiger partial charge on any atom is 0.122 e. The number of hydrogen-bond acceptors (Lipinski definition) is 2. The molecule has 2 heteroatoms. The molecule has 2 nitrogen and oxygen atoms in total. The van der Waals surface area contributed by atoms with E-state index in [9.17, 15) is 0 Å². The molecule has 1 aliphatic rings. The van der Waals surface area contributed by atoms with Gasteiger partial charge in [0.1, 0.15) is 5.75 Å². The van der Waals surface area contributed by atoms with Crippen LogP contribution in [-0.4, -0.2) is 19.7 Å². The summed E-state index contributed by atoms with van der Waals surface area (Å²) in [5, 5.41) is 3.47. The van der Waals surface area contributed by atoms with E-state index in [4.69, 9.17) is 4.74 Å². The van der Waals surface area contributed by atoms with Gasteiger partial charge >= 0.3 is 0 Å². The van der Waals surface area contributed by atoms with Crippen molar-refractivity contribution in [2.75, 3.05) is 19.7 Å². The number of nitrogens with one attached hydrogen (secondary N) is 1. The van der Waals surface area contributed by atoms with Gasteiger partial charge in [-0.3, -0.25) is 0 Å². The van der Waals surface area contributed by atoms with Crippen molar-refractivity contribution in [2.24, 2.45) is 5.92 Å². The van der Waals surface area contributed by atoms with Crippen molar-refractivity contribution in [3.8, 4) is 5.75 Å². The summed E-state index contributed by atoms with van der Waals surface area (Å²) < 4.78 is 6.04. The Morgan fingerprint density at radius 3 is 2.95 bits per heavy atom. The van der Waals surface area contributed by atoms with Crippen LogP contribution in [0.15, 0.2) is 24.3 Å². The smallest absolute Gasteiger partial charge is 0.122 e. The summed E-state index contributed by atoms with van der Waals surface area (Å²) in [4.78, 5) is 0. The van der Waals surface area contributed by atoms with E-state index < -0.39 is 0 Å². The largest absolute Gasteiger partial charge is 0.493 e. The molecular weight excluding hydrogens is 234 g/mol. The van der Waals surface area contributed by atoms with Crippen molar-refractivity contribution < 1.29 is 4.74 Å². The highest BCUT2D eigenvalue weighted by atomic mass is 16.5. The van der Waals surface area contributed by atoms with Crippen molar-refractivity contribution in [1.82, 2.24) is 5.32 Å². The summed E-state index contributed by atoms with van der Waals surface area (Å²) in [6.45, 7) is 7.70. The second-order valence-electron chi connectivity index (χ2n) is 5.70. The Bertz CT molecular complexity index is 371. The summed E-state index contributed by atoms with van der Waals surface area (Å²) >= 11 is 0. The molecule has 2 atom stereocenters. The van der Waals surface area contributed by atoms with Gasteiger partial charge in [-0.05, 0) is 62.2 Å². The maximum absolute atomic E-state index is 6.04. The fourth-order valence-corrected chi connectivity index (χ4v) is 2.74. The van der Waals surface area contributed by atoms with Gasteiger partial charge in [-0.1, -0.05) is 32.0 Å². The zero-order chi connectivity index (χ0) is 13.5. The lowest BCUT2D eigenvalue weighted by Gasteiger charge is -2.23. The molecule has 2 rings (SSSR count). The average molecular weight is 261 g/mol. The molecule has 0 bridgehead atoms. The van der Waals surface area contributed by atoms with Crippen LogP contribution in [0.4, 0.5) is 0 Å². The molecule has 1 aromatic rings. The Balaban J connectivity index is 1.84. The van der Waals surface area contributed by atoms with Crippen LogP contribution in [0.1, 0.15) is 51.0 Å². The van der Waals surface area contributed by atoms with E-state index in [0.29, 0.717) is 5.92 Å². The molecule has 0 amide bonds. The summed E-state index contributed by atoms with van der Waals surface area (Å²) in [6, 6.07) is 8.50. The van der Waals surface area contributed by atoms with Crippen LogP contribution in [0.5, 0.6) is 5.75 Å². The van der Waals surface area contributed by atoms with Gasteiger partial charge < -0.3 is 10.1 Å². The minimum absolute atomic E-state index is 0.576. The first kappa shape index (κ1) is 14.4. The fraction of sp³-hybridized carbons (Fsp3) is 0.647. The summed E-state index contributed by atoms with van der Waals surface area (Å²) in [5.74, 6) is 2.46. The van der Waals surface area contributed by atoms with Gasteiger partial charge in [-0.2, -0.15) is 0 Å². The predicted octanol–water partition coefficient (Wildman–Crippen LogP) is 3.97. The van der Waals surface area contributed by atoms with Crippen LogP contribution in [-0.2, 0) is 0 Å². The molecular formula is C17H27NO. The standard InChI is InChI=1S/C17H27NO/c1-3-14(2)16-8-4-5-9-17(16)19-12-10-15-7-6-11-18-13-15/h4-5,8-9,14-15,18H,3,6-7,10-13H2,1-2H3. The molecule has 106 valence electrons. The minimum atomic E-state index is 0.576. The molecule has 19 heavy (non-hydrogen) atoms. The Kier molecular flexibility index (Phi) is 5.71. The molecule has 0 aromatic heterocycles. The second kappa shape index (κ2) is 7.54. The number of hydrogen-bond donors (Lipinski definition) is 1. The molecule has 1 heterocycles. The average Bonchev–Trinajstić information content (AvgIpc) is 2.48. The number of benzene rings is 1. The van der Waals surface area contributed by atoms with Crippen LogP contribution in [0, 0.1) is 5.92 Å². The molecule has 2 unspecified atom stereocenters. The van der Waals surface area contributed by atoms with Crippen molar-refractivity contribution in [2.45, 2.75) is 45.4 Å². The minimum Gasteiger partial charge on any atom is -0.493 e. The van der Waals surface area contributed by atoms with E-state index >= 15 is 0 Å². The van der Waals surface area contributed by atoms with E-state index in [1.165, 1.54) is 31.4 Å². The first-order chi connectivity index (χ1) is 9.31. The van der Waals surface area contributed by atoms with Gasteiger partial charge in [0.2, 0.25) is 0 Å². The molecule has 1 aliphatic heterocycles. The first-order valence-electron chi connectivity index (χ1n) is 7.73. The third-order valence-corrected chi connectivity index (χ3v) is 4.24. The Hall–Kier alpha value is -1.02. The monoisotopic (exact) mass is 261 g/mol. The first-order valence-corrected chi connectivity index (χ1v) is 7.73. The highest BCUT2D eigenvalue weighted by Gasteiger charge is 2.14. The summed E-state index contributed by atoms with van der Waals surface area (Å²) in [7, 11) is 0. The quantitative estimate of drug-likeness (QED) is 0.836. The Labute approximate surface area is 117 Å². The third kappa shape index (κ3) is 4.24. The zero-order valence-corrected chi connectivity index (χ0v) is 12.3. The topological polar surface area (TPSA) is 21.3 Å². The zero-order valence-electron chi connectivity index (χ0n) is 12.3. The lowest BCUT2D eigenvalue weighted by atomic mass is 9.96. The van der Waals surface area contributed by atoms with Gasteiger partial charge in [0.15, 0.2) is 0 Å². The number of rotatable bonds is 6. The SMILES string of the molecule is CCC(C)c1ccccc1OCCC1CCCNC1. The lowest BCUT2D eigenvalue weighted by Crippen LogP contribution is -2.30. The van der Waals surface area contributed by atoms with Crippen molar-refractivity contribution >= 4 is 0 Å². The summed E-state index contributed by atoms with van der Waals surface area (Å²) in [6.07, 6.45) is 4.99. The molecule has 0 radical (unpaired) electrons. The van der Waals surface area contributed by atoms with E-state index in [0.717, 1.165) is 31.2 Å². The number of piperidine rings is 1. The van der Waals surface area contributed by atoms with E-state index in [2.05, 4.69) is 43.4 Å². The van der Waals surface area contributed by atoms with Gasteiger partial charge in [-0.25, -0.2) is 0 Å². The maximum atomic E-state index is 6.04.